The summed E-state index contributed by atoms with van der Waals surface area (Å²) in [5, 5.41) is 0.546. The van der Waals surface area contributed by atoms with E-state index in [0.717, 1.165) is 6.07 Å². The number of nitrogens with zero attached hydrogens (tertiary/aromatic N) is 3. The Morgan fingerprint density at radius 1 is 1.00 bits per heavy atom. The molecule has 21 heavy (non-hydrogen) atoms. The van der Waals surface area contributed by atoms with Gasteiger partial charge in [-0.2, -0.15) is 13.2 Å². The van der Waals surface area contributed by atoms with Crippen molar-refractivity contribution in [3.05, 3.63) is 52.9 Å². The summed E-state index contributed by atoms with van der Waals surface area (Å²) in [6, 6.07) is 8.99. The van der Waals surface area contributed by atoms with Crippen molar-refractivity contribution in [3.63, 3.8) is 0 Å². The van der Waals surface area contributed by atoms with E-state index in [1.165, 1.54) is 6.07 Å². The summed E-state index contributed by atoms with van der Waals surface area (Å²) in [6.45, 7) is 1.71. The van der Waals surface area contributed by atoms with Crippen LogP contribution in [0.3, 0.4) is 0 Å². The van der Waals surface area contributed by atoms with Gasteiger partial charge in [-0.05, 0) is 43.3 Å². The Hall–Kier alpha value is -2.08. The number of pyridine rings is 1. The summed E-state index contributed by atoms with van der Waals surface area (Å²) in [7, 11) is 0. The fourth-order valence-corrected chi connectivity index (χ4v) is 2.25. The van der Waals surface area contributed by atoms with E-state index in [4.69, 9.17) is 11.6 Å². The number of aryl methyl sites for hydroxylation is 1. The van der Waals surface area contributed by atoms with Gasteiger partial charge in [0.2, 0.25) is 0 Å². The van der Waals surface area contributed by atoms with E-state index in [2.05, 4.69) is 9.97 Å². The molecule has 2 aromatic heterocycles. The molecule has 108 valence electrons. The van der Waals surface area contributed by atoms with Gasteiger partial charge in [-0.15, -0.1) is 0 Å². The molecule has 0 aliphatic carbocycles. The molecule has 0 saturated carbocycles. The lowest BCUT2D eigenvalue weighted by atomic mass is 10.3. The maximum absolute atomic E-state index is 12.8. The van der Waals surface area contributed by atoms with E-state index in [-0.39, 0.29) is 5.65 Å². The molecule has 0 atom stereocenters. The fourth-order valence-electron chi connectivity index (χ4n) is 2.13. The molecule has 7 heteroatoms. The molecular weight excluding hydrogens is 303 g/mol. The second kappa shape index (κ2) is 4.73. The first kappa shape index (κ1) is 13.9. The van der Waals surface area contributed by atoms with E-state index >= 15 is 0 Å². The van der Waals surface area contributed by atoms with Gasteiger partial charge in [0.1, 0.15) is 17.0 Å². The van der Waals surface area contributed by atoms with Crippen LogP contribution in [0.25, 0.3) is 16.9 Å². The van der Waals surface area contributed by atoms with Gasteiger partial charge < -0.3 is 0 Å². The van der Waals surface area contributed by atoms with Crippen molar-refractivity contribution in [2.24, 2.45) is 0 Å². The molecule has 0 bridgehead atoms. The van der Waals surface area contributed by atoms with Crippen LogP contribution in [0.5, 0.6) is 0 Å². The van der Waals surface area contributed by atoms with Crippen LogP contribution in [0.2, 0.25) is 5.02 Å². The minimum Gasteiger partial charge on any atom is -0.281 e. The first-order valence-corrected chi connectivity index (χ1v) is 6.43. The highest BCUT2D eigenvalue weighted by Crippen LogP contribution is 2.30. The average Bonchev–Trinajstić information content (AvgIpc) is 2.74. The van der Waals surface area contributed by atoms with E-state index in [0.29, 0.717) is 22.1 Å². The molecule has 1 aromatic carbocycles. The molecule has 0 N–H and O–H groups in total. The Morgan fingerprint density at radius 3 is 2.29 bits per heavy atom. The largest absolute Gasteiger partial charge is 0.433 e. The van der Waals surface area contributed by atoms with Gasteiger partial charge in [0.15, 0.2) is 5.65 Å². The van der Waals surface area contributed by atoms with E-state index in [1.54, 1.807) is 35.8 Å². The average molecular weight is 312 g/mol. The number of fused-ring (bicyclic) bond motifs is 1. The highest BCUT2D eigenvalue weighted by molar-refractivity contribution is 6.30. The topological polar surface area (TPSA) is 30.7 Å². The lowest BCUT2D eigenvalue weighted by Crippen LogP contribution is -2.08. The normalized spacial score (nSPS) is 12.0. The summed E-state index contributed by atoms with van der Waals surface area (Å²) in [4.78, 5) is 7.94. The van der Waals surface area contributed by atoms with Crippen LogP contribution in [0.15, 0.2) is 36.4 Å². The zero-order chi connectivity index (χ0) is 15.2. The molecule has 2 heterocycles. The number of rotatable bonds is 1. The Morgan fingerprint density at radius 2 is 1.67 bits per heavy atom. The molecule has 0 saturated heterocycles. The van der Waals surface area contributed by atoms with Gasteiger partial charge in [-0.3, -0.25) is 4.57 Å². The van der Waals surface area contributed by atoms with Crippen LogP contribution in [0, 0.1) is 6.92 Å². The lowest BCUT2D eigenvalue weighted by molar-refractivity contribution is -0.141. The van der Waals surface area contributed by atoms with E-state index < -0.39 is 11.9 Å². The molecule has 3 nitrogen and oxygen atoms in total. The van der Waals surface area contributed by atoms with Crippen LogP contribution in [0.4, 0.5) is 13.2 Å². The van der Waals surface area contributed by atoms with Crippen LogP contribution < -0.4 is 0 Å². The minimum atomic E-state index is -4.49. The number of halogens is 4. The molecule has 0 amide bonds. The lowest BCUT2D eigenvalue weighted by Gasteiger charge is -2.08. The maximum atomic E-state index is 12.8. The van der Waals surface area contributed by atoms with Gasteiger partial charge >= 0.3 is 6.18 Å². The number of alkyl halides is 3. The smallest absolute Gasteiger partial charge is 0.281 e. The third kappa shape index (κ3) is 2.47. The first-order valence-electron chi connectivity index (χ1n) is 6.05. The number of imidazole rings is 1. The Bertz CT molecular complexity index is 807. The molecule has 0 radical (unpaired) electrons. The predicted octanol–water partition coefficient (Wildman–Crippen LogP) is 4.40. The Balaban J connectivity index is 2.26. The van der Waals surface area contributed by atoms with Crippen LogP contribution >= 0.6 is 11.6 Å². The number of hydrogen-bond acceptors (Lipinski definition) is 2. The quantitative estimate of drug-likeness (QED) is 0.667. The second-order valence-corrected chi connectivity index (χ2v) is 4.94. The van der Waals surface area contributed by atoms with Crippen molar-refractivity contribution in [1.29, 1.82) is 0 Å². The molecule has 0 aliphatic rings. The number of hydrogen-bond donors (Lipinski definition) is 0. The maximum Gasteiger partial charge on any atom is 0.433 e. The zero-order valence-corrected chi connectivity index (χ0v) is 11.6. The third-order valence-corrected chi connectivity index (χ3v) is 3.30. The number of benzene rings is 1. The summed E-state index contributed by atoms with van der Waals surface area (Å²) < 4.78 is 40.0. The first-order chi connectivity index (χ1) is 9.86. The molecule has 0 fully saturated rings. The molecular formula is C14H9ClF3N3. The Labute approximate surface area is 123 Å². The van der Waals surface area contributed by atoms with Crippen molar-refractivity contribution >= 4 is 22.8 Å². The summed E-state index contributed by atoms with van der Waals surface area (Å²) >= 11 is 5.83. The molecule has 3 aromatic rings. The predicted molar refractivity (Wildman–Crippen MR) is 73.6 cm³/mol. The summed E-state index contributed by atoms with van der Waals surface area (Å²) in [5.74, 6) is 0.555. The standard InChI is InChI=1S/C14H9ClF3N3/c1-8-19-11-6-7-12(14(16,17)18)20-13(11)21(8)10-4-2-9(15)3-5-10/h2-7H,1H3. The van der Waals surface area contributed by atoms with Crippen molar-refractivity contribution in [2.45, 2.75) is 13.1 Å². The van der Waals surface area contributed by atoms with Gasteiger partial charge in [0.25, 0.3) is 0 Å². The molecule has 3 rings (SSSR count). The van der Waals surface area contributed by atoms with Crippen LogP contribution in [-0.4, -0.2) is 14.5 Å². The third-order valence-electron chi connectivity index (χ3n) is 3.05. The molecule has 0 unspecified atom stereocenters. The summed E-state index contributed by atoms with van der Waals surface area (Å²) in [6.07, 6.45) is -4.49. The second-order valence-electron chi connectivity index (χ2n) is 4.51. The van der Waals surface area contributed by atoms with E-state index in [9.17, 15) is 13.2 Å². The highest BCUT2D eigenvalue weighted by atomic mass is 35.5. The highest BCUT2D eigenvalue weighted by Gasteiger charge is 2.33. The Kier molecular flexibility index (Phi) is 3.13. The zero-order valence-electron chi connectivity index (χ0n) is 10.8. The molecule has 0 spiro atoms. The van der Waals surface area contributed by atoms with Crippen molar-refractivity contribution in [1.82, 2.24) is 14.5 Å². The SMILES string of the molecule is Cc1nc2ccc(C(F)(F)F)nc2n1-c1ccc(Cl)cc1. The van der Waals surface area contributed by atoms with Gasteiger partial charge in [-0.25, -0.2) is 9.97 Å². The van der Waals surface area contributed by atoms with Crippen LogP contribution in [-0.2, 0) is 6.18 Å². The van der Waals surface area contributed by atoms with Gasteiger partial charge in [-0.1, -0.05) is 11.6 Å². The number of aromatic nitrogens is 3. The van der Waals surface area contributed by atoms with E-state index in [1.807, 2.05) is 0 Å². The van der Waals surface area contributed by atoms with Crippen molar-refractivity contribution < 1.29 is 13.2 Å². The van der Waals surface area contributed by atoms with Gasteiger partial charge in [0, 0.05) is 10.7 Å². The summed E-state index contributed by atoms with van der Waals surface area (Å²) in [5.41, 5.74) is 0.302. The fraction of sp³-hybridized carbons (Fsp3) is 0.143. The van der Waals surface area contributed by atoms with Gasteiger partial charge in [0.05, 0.1) is 0 Å². The monoisotopic (exact) mass is 311 g/mol. The minimum absolute atomic E-state index is 0.171. The van der Waals surface area contributed by atoms with Crippen molar-refractivity contribution in [2.75, 3.05) is 0 Å². The molecule has 0 aliphatic heterocycles. The van der Waals surface area contributed by atoms with Crippen molar-refractivity contribution in [3.8, 4) is 5.69 Å². The van der Waals surface area contributed by atoms with Crippen LogP contribution in [0.1, 0.15) is 11.5 Å².